The predicted octanol–water partition coefficient (Wildman–Crippen LogP) is 3.83. The van der Waals surface area contributed by atoms with Crippen LogP contribution >= 0.6 is 0 Å². The number of non-ortho nitro benzene ring substituents is 1. The highest BCUT2D eigenvalue weighted by atomic mass is 16.6. The second-order valence-electron chi connectivity index (χ2n) is 6.55. The third kappa shape index (κ3) is 4.87. The zero-order chi connectivity index (χ0) is 18.6. The molecule has 0 bridgehead atoms. The molecule has 0 aliphatic heterocycles. The number of anilines is 2. The molecule has 0 radical (unpaired) electrons. The molecular formula is C18H19N3O4. The van der Waals surface area contributed by atoms with E-state index in [2.05, 4.69) is 10.6 Å². The van der Waals surface area contributed by atoms with Gasteiger partial charge in [-0.1, -0.05) is 32.9 Å². The van der Waals surface area contributed by atoms with Crippen molar-refractivity contribution in [3.05, 3.63) is 64.2 Å². The number of hydrogen-bond acceptors (Lipinski definition) is 4. The summed E-state index contributed by atoms with van der Waals surface area (Å²) in [5.74, 6) is -0.587. The average molecular weight is 341 g/mol. The molecule has 25 heavy (non-hydrogen) atoms. The Bertz CT molecular complexity index is 825. The summed E-state index contributed by atoms with van der Waals surface area (Å²) in [4.78, 5) is 34.6. The third-order valence-electron chi connectivity index (χ3n) is 3.38. The molecule has 0 aromatic heterocycles. The van der Waals surface area contributed by atoms with E-state index >= 15 is 0 Å². The van der Waals surface area contributed by atoms with E-state index in [9.17, 15) is 19.7 Å². The number of nitrogens with zero attached hydrogens (tertiary/aromatic N) is 1. The topological polar surface area (TPSA) is 101 Å². The summed E-state index contributed by atoms with van der Waals surface area (Å²) >= 11 is 0. The first-order valence-corrected chi connectivity index (χ1v) is 7.64. The van der Waals surface area contributed by atoms with Gasteiger partial charge < -0.3 is 10.6 Å². The normalized spacial score (nSPS) is 10.8. The molecule has 2 N–H and O–H groups in total. The van der Waals surface area contributed by atoms with Crippen molar-refractivity contribution in [1.29, 1.82) is 0 Å². The largest absolute Gasteiger partial charge is 0.326 e. The molecule has 0 spiro atoms. The van der Waals surface area contributed by atoms with Gasteiger partial charge in [-0.3, -0.25) is 19.7 Å². The molecular weight excluding hydrogens is 322 g/mol. The van der Waals surface area contributed by atoms with Crippen molar-refractivity contribution >= 4 is 28.9 Å². The average Bonchev–Trinajstić information content (AvgIpc) is 2.54. The molecule has 2 aromatic carbocycles. The summed E-state index contributed by atoms with van der Waals surface area (Å²) in [6.07, 6.45) is 0. The molecule has 2 rings (SSSR count). The maximum Gasteiger partial charge on any atom is 0.271 e. The SMILES string of the molecule is CC(C)(C)C(=O)Nc1cccc(C(=O)Nc2cccc([N+](=O)[O-])c2)c1. The highest BCUT2D eigenvalue weighted by Gasteiger charge is 2.21. The van der Waals surface area contributed by atoms with Crippen molar-refractivity contribution in [3.8, 4) is 0 Å². The number of carbonyl (C=O) groups is 2. The van der Waals surface area contributed by atoms with Crippen molar-refractivity contribution in [2.45, 2.75) is 20.8 Å². The van der Waals surface area contributed by atoms with Crippen LogP contribution in [0.3, 0.4) is 0 Å². The molecule has 130 valence electrons. The number of nitro groups is 1. The minimum Gasteiger partial charge on any atom is -0.326 e. The van der Waals surface area contributed by atoms with Crippen LogP contribution in [0, 0.1) is 15.5 Å². The van der Waals surface area contributed by atoms with E-state index in [-0.39, 0.29) is 11.6 Å². The van der Waals surface area contributed by atoms with Crippen LogP contribution in [0.25, 0.3) is 0 Å². The lowest BCUT2D eigenvalue weighted by Gasteiger charge is -2.18. The van der Waals surface area contributed by atoms with E-state index in [1.807, 2.05) is 0 Å². The summed E-state index contributed by atoms with van der Waals surface area (Å²) in [6, 6.07) is 12.2. The zero-order valence-corrected chi connectivity index (χ0v) is 14.2. The van der Waals surface area contributed by atoms with Crippen molar-refractivity contribution in [3.63, 3.8) is 0 Å². The number of carbonyl (C=O) groups excluding carboxylic acids is 2. The molecule has 2 amide bonds. The lowest BCUT2D eigenvalue weighted by molar-refractivity contribution is -0.384. The quantitative estimate of drug-likeness (QED) is 0.651. The predicted molar refractivity (Wildman–Crippen MR) is 95.6 cm³/mol. The van der Waals surface area contributed by atoms with Crippen LogP contribution in [-0.4, -0.2) is 16.7 Å². The van der Waals surface area contributed by atoms with Gasteiger partial charge in [0.1, 0.15) is 0 Å². The first kappa shape index (κ1) is 18.1. The van der Waals surface area contributed by atoms with Gasteiger partial charge in [-0.05, 0) is 24.3 Å². The fourth-order valence-electron chi connectivity index (χ4n) is 1.96. The fourth-order valence-corrected chi connectivity index (χ4v) is 1.96. The number of nitro benzene ring substituents is 1. The minimum absolute atomic E-state index is 0.107. The summed E-state index contributed by atoms with van der Waals surface area (Å²) in [6.45, 7) is 5.38. The molecule has 0 unspecified atom stereocenters. The fraction of sp³-hybridized carbons (Fsp3) is 0.222. The van der Waals surface area contributed by atoms with Crippen molar-refractivity contribution in [2.24, 2.45) is 5.41 Å². The molecule has 0 aliphatic rings. The van der Waals surface area contributed by atoms with Crippen molar-refractivity contribution < 1.29 is 14.5 Å². The molecule has 7 nitrogen and oxygen atoms in total. The Labute approximate surface area is 145 Å². The van der Waals surface area contributed by atoms with Gasteiger partial charge in [0.2, 0.25) is 5.91 Å². The number of hydrogen-bond donors (Lipinski definition) is 2. The number of benzene rings is 2. The second kappa shape index (κ2) is 7.12. The van der Waals surface area contributed by atoms with Gasteiger partial charge in [-0.15, -0.1) is 0 Å². The maximum absolute atomic E-state index is 12.3. The van der Waals surface area contributed by atoms with Gasteiger partial charge in [-0.2, -0.15) is 0 Å². The number of amides is 2. The molecule has 0 saturated heterocycles. The summed E-state index contributed by atoms with van der Waals surface area (Å²) in [7, 11) is 0. The van der Waals surface area contributed by atoms with Crippen LogP contribution in [0.5, 0.6) is 0 Å². The Morgan fingerprint density at radius 2 is 1.56 bits per heavy atom. The van der Waals surface area contributed by atoms with E-state index < -0.39 is 16.2 Å². The molecule has 0 atom stereocenters. The van der Waals surface area contributed by atoms with Crippen molar-refractivity contribution in [2.75, 3.05) is 10.6 Å². The first-order valence-electron chi connectivity index (χ1n) is 7.64. The van der Waals surface area contributed by atoms with Gasteiger partial charge >= 0.3 is 0 Å². The van der Waals surface area contributed by atoms with Gasteiger partial charge in [0.25, 0.3) is 11.6 Å². The van der Waals surface area contributed by atoms with Gasteiger partial charge in [0.05, 0.1) is 4.92 Å². The van der Waals surface area contributed by atoms with E-state index in [1.165, 1.54) is 18.2 Å². The molecule has 2 aromatic rings. The van der Waals surface area contributed by atoms with E-state index in [1.54, 1.807) is 51.1 Å². The van der Waals surface area contributed by atoms with E-state index in [0.717, 1.165) is 0 Å². The van der Waals surface area contributed by atoms with Gasteiger partial charge in [-0.25, -0.2) is 0 Å². The molecule has 0 heterocycles. The highest BCUT2D eigenvalue weighted by molar-refractivity contribution is 6.05. The third-order valence-corrected chi connectivity index (χ3v) is 3.38. The van der Waals surface area contributed by atoms with Gasteiger partial charge in [0.15, 0.2) is 0 Å². The van der Waals surface area contributed by atoms with Crippen LogP contribution in [-0.2, 0) is 4.79 Å². The number of nitrogens with one attached hydrogen (secondary N) is 2. The van der Waals surface area contributed by atoms with Gasteiger partial charge in [0, 0.05) is 34.5 Å². The van der Waals surface area contributed by atoms with Crippen LogP contribution in [0.1, 0.15) is 31.1 Å². The Morgan fingerprint density at radius 1 is 0.960 bits per heavy atom. The molecule has 0 aliphatic carbocycles. The summed E-state index contributed by atoms with van der Waals surface area (Å²) in [5.41, 5.74) is 0.499. The number of rotatable bonds is 4. The Kier molecular flexibility index (Phi) is 5.17. The summed E-state index contributed by atoms with van der Waals surface area (Å²) < 4.78 is 0. The minimum atomic E-state index is -0.554. The lowest BCUT2D eigenvalue weighted by Crippen LogP contribution is -2.27. The Hall–Kier alpha value is -3.22. The Morgan fingerprint density at radius 3 is 2.16 bits per heavy atom. The standard InChI is InChI=1S/C18H19N3O4/c1-18(2,3)17(23)20-13-7-4-6-12(10-13)16(22)19-14-8-5-9-15(11-14)21(24)25/h4-11H,1-3H3,(H,19,22)(H,20,23). The van der Waals surface area contributed by atoms with Crippen LogP contribution in [0.15, 0.2) is 48.5 Å². The lowest BCUT2D eigenvalue weighted by atomic mass is 9.95. The molecule has 0 saturated carbocycles. The van der Waals surface area contributed by atoms with Crippen LogP contribution in [0.2, 0.25) is 0 Å². The second-order valence-corrected chi connectivity index (χ2v) is 6.55. The van der Waals surface area contributed by atoms with E-state index in [4.69, 9.17) is 0 Å². The van der Waals surface area contributed by atoms with Crippen LogP contribution in [0.4, 0.5) is 17.1 Å². The maximum atomic E-state index is 12.3. The Balaban J connectivity index is 2.15. The smallest absolute Gasteiger partial charge is 0.271 e. The molecule has 7 heteroatoms. The summed E-state index contributed by atoms with van der Waals surface area (Å²) in [5, 5.41) is 16.2. The monoisotopic (exact) mass is 341 g/mol. The van der Waals surface area contributed by atoms with E-state index in [0.29, 0.717) is 16.9 Å². The van der Waals surface area contributed by atoms with Crippen molar-refractivity contribution in [1.82, 2.24) is 0 Å². The van der Waals surface area contributed by atoms with Crippen LogP contribution < -0.4 is 10.6 Å². The zero-order valence-electron chi connectivity index (χ0n) is 14.2. The molecule has 0 fully saturated rings. The first-order chi connectivity index (χ1) is 11.7. The highest BCUT2D eigenvalue weighted by Crippen LogP contribution is 2.20.